The van der Waals surface area contributed by atoms with Gasteiger partial charge in [-0.15, -0.1) is 0 Å². The predicted molar refractivity (Wildman–Crippen MR) is 93.1 cm³/mol. The fourth-order valence-electron chi connectivity index (χ4n) is 3.22. The minimum absolute atomic E-state index is 0.0509. The first-order valence-electron chi connectivity index (χ1n) is 8.09. The van der Waals surface area contributed by atoms with Gasteiger partial charge in [-0.05, 0) is 31.0 Å². The van der Waals surface area contributed by atoms with E-state index in [1.807, 2.05) is 0 Å². The van der Waals surface area contributed by atoms with Gasteiger partial charge in [0.2, 0.25) is 10.0 Å². The molecule has 1 heterocycles. The molecule has 132 valence electrons. The molecule has 1 fully saturated rings. The Bertz CT molecular complexity index is 732. The molecule has 1 aliphatic heterocycles. The fraction of sp³-hybridized carbons (Fsp3) is 0.562. The Balaban J connectivity index is 1.81. The maximum atomic E-state index is 12.5. The van der Waals surface area contributed by atoms with Gasteiger partial charge >= 0.3 is 0 Å². The van der Waals surface area contributed by atoms with Crippen LogP contribution in [-0.4, -0.2) is 39.3 Å². The second kappa shape index (κ2) is 6.80. The molecule has 3 rings (SSSR count). The van der Waals surface area contributed by atoms with Crippen LogP contribution in [0.5, 0.6) is 5.75 Å². The second-order valence-corrected chi connectivity index (χ2v) is 8.70. The molecule has 6 nitrogen and oxygen atoms in total. The van der Waals surface area contributed by atoms with E-state index < -0.39 is 16.1 Å². The molecule has 1 atom stereocenters. The molecule has 1 aromatic carbocycles. The molecule has 1 aromatic rings. The van der Waals surface area contributed by atoms with E-state index in [9.17, 15) is 13.2 Å². The Hall–Kier alpha value is -1.47. The monoisotopic (exact) mass is 372 g/mol. The highest BCUT2D eigenvalue weighted by Crippen LogP contribution is 2.37. The van der Waals surface area contributed by atoms with Gasteiger partial charge in [-0.25, -0.2) is 8.42 Å². The number of nitrogens with one attached hydrogen (secondary N) is 1. The SMILES string of the molecule is CS(=O)(=O)N1C[C@@H](C(=O)NC2CCCCC2)Oc2ccc(Cl)cc21. The van der Waals surface area contributed by atoms with E-state index in [1.54, 1.807) is 12.1 Å². The number of hydrogen-bond acceptors (Lipinski definition) is 4. The van der Waals surface area contributed by atoms with Crippen LogP contribution in [-0.2, 0) is 14.8 Å². The molecule has 1 N–H and O–H groups in total. The third-order valence-corrected chi connectivity index (χ3v) is 5.82. The summed E-state index contributed by atoms with van der Waals surface area (Å²) in [6.45, 7) is -0.0509. The highest BCUT2D eigenvalue weighted by molar-refractivity contribution is 7.92. The fourth-order valence-corrected chi connectivity index (χ4v) is 4.29. The molecular formula is C16H21ClN2O4S. The van der Waals surface area contributed by atoms with Crippen molar-refractivity contribution in [3.63, 3.8) is 0 Å². The van der Waals surface area contributed by atoms with Crippen LogP contribution in [0.25, 0.3) is 0 Å². The van der Waals surface area contributed by atoms with Crippen molar-refractivity contribution in [2.75, 3.05) is 17.1 Å². The van der Waals surface area contributed by atoms with Crippen molar-refractivity contribution in [1.29, 1.82) is 0 Å². The number of benzene rings is 1. The van der Waals surface area contributed by atoms with Crippen molar-refractivity contribution < 1.29 is 17.9 Å². The molecule has 0 unspecified atom stereocenters. The van der Waals surface area contributed by atoms with Gasteiger partial charge in [-0.2, -0.15) is 0 Å². The van der Waals surface area contributed by atoms with Gasteiger partial charge in [0.15, 0.2) is 6.10 Å². The zero-order valence-corrected chi connectivity index (χ0v) is 15.1. The number of amides is 1. The quantitative estimate of drug-likeness (QED) is 0.883. The number of ether oxygens (including phenoxy) is 1. The van der Waals surface area contributed by atoms with E-state index in [0.29, 0.717) is 16.5 Å². The van der Waals surface area contributed by atoms with Crippen LogP contribution in [0.15, 0.2) is 18.2 Å². The maximum Gasteiger partial charge on any atom is 0.263 e. The minimum Gasteiger partial charge on any atom is -0.476 e. The van der Waals surface area contributed by atoms with Crippen LogP contribution in [0.4, 0.5) is 5.69 Å². The number of anilines is 1. The molecule has 24 heavy (non-hydrogen) atoms. The highest BCUT2D eigenvalue weighted by Gasteiger charge is 2.35. The van der Waals surface area contributed by atoms with Crippen LogP contribution in [0, 0.1) is 0 Å². The lowest BCUT2D eigenvalue weighted by molar-refractivity contribution is -0.128. The molecule has 0 spiro atoms. The zero-order valence-electron chi connectivity index (χ0n) is 13.5. The number of hydrogen-bond donors (Lipinski definition) is 1. The minimum atomic E-state index is -3.54. The lowest BCUT2D eigenvalue weighted by Crippen LogP contribution is -2.52. The average Bonchev–Trinajstić information content (AvgIpc) is 2.53. The molecule has 1 saturated carbocycles. The number of carbonyl (C=O) groups is 1. The molecule has 0 saturated heterocycles. The Morgan fingerprint density at radius 2 is 2.00 bits per heavy atom. The first kappa shape index (κ1) is 17.4. The van der Waals surface area contributed by atoms with E-state index in [2.05, 4.69) is 5.32 Å². The molecule has 0 radical (unpaired) electrons. The molecule has 0 aromatic heterocycles. The van der Waals surface area contributed by atoms with Gasteiger partial charge < -0.3 is 10.1 Å². The van der Waals surface area contributed by atoms with Gasteiger partial charge in [0.1, 0.15) is 5.75 Å². The largest absolute Gasteiger partial charge is 0.476 e. The second-order valence-electron chi connectivity index (χ2n) is 6.36. The number of carbonyl (C=O) groups excluding carboxylic acids is 1. The number of halogens is 1. The van der Waals surface area contributed by atoms with Crippen LogP contribution >= 0.6 is 11.6 Å². The summed E-state index contributed by atoms with van der Waals surface area (Å²) in [6, 6.07) is 4.89. The smallest absolute Gasteiger partial charge is 0.263 e. The summed E-state index contributed by atoms with van der Waals surface area (Å²) < 4.78 is 31.2. The topological polar surface area (TPSA) is 75.7 Å². The van der Waals surface area contributed by atoms with E-state index in [1.165, 1.54) is 16.8 Å². The summed E-state index contributed by atoms with van der Waals surface area (Å²) >= 11 is 5.96. The first-order chi connectivity index (χ1) is 11.3. The predicted octanol–water partition coefficient (Wildman–Crippen LogP) is 2.32. The Morgan fingerprint density at radius 1 is 1.29 bits per heavy atom. The Morgan fingerprint density at radius 3 is 2.67 bits per heavy atom. The standard InChI is InChI=1S/C16H21ClN2O4S/c1-24(21,22)19-10-15(16(20)18-12-5-3-2-4-6-12)23-14-8-7-11(17)9-13(14)19/h7-9,12,15H,2-6,10H2,1H3,(H,18,20)/t15-/m0/s1. The molecule has 2 aliphatic rings. The average molecular weight is 373 g/mol. The first-order valence-corrected chi connectivity index (χ1v) is 10.3. The molecule has 1 aliphatic carbocycles. The van der Waals surface area contributed by atoms with Crippen LogP contribution in [0.1, 0.15) is 32.1 Å². The zero-order chi connectivity index (χ0) is 17.3. The van der Waals surface area contributed by atoms with Crippen molar-refractivity contribution in [3.05, 3.63) is 23.2 Å². The molecule has 0 bridgehead atoms. The summed E-state index contributed by atoms with van der Waals surface area (Å²) in [4.78, 5) is 12.5. The van der Waals surface area contributed by atoms with Gasteiger partial charge in [0.05, 0.1) is 18.5 Å². The van der Waals surface area contributed by atoms with Crippen LogP contribution < -0.4 is 14.4 Å². The van der Waals surface area contributed by atoms with Crippen molar-refractivity contribution >= 4 is 33.2 Å². The van der Waals surface area contributed by atoms with Gasteiger partial charge in [0, 0.05) is 11.1 Å². The molecule has 8 heteroatoms. The normalized spacial score (nSPS) is 21.8. The van der Waals surface area contributed by atoms with Crippen molar-refractivity contribution in [3.8, 4) is 5.75 Å². The summed E-state index contributed by atoms with van der Waals surface area (Å²) in [5.41, 5.74) is 0.367. The van der Waals surface area contributed by atoms with E-state index in [4.69, 9.17) is 16.3 Å². The third kappa shape index (κ3) is 3.78. The Labute approximate surface area is 147 Å². The van der Waals surface area contributed by atoms with Crippen LogP contribution in [0.2, 0.25) is 5.02 Å². The van der Waals surface area contributed by atoms with Gasteiger partial charge in [-0.3, -0.25) is 9.10 Å². The van der Waals surface area contributed by atoms with Crippen molar-refractivity contribution in [2.24, 2.45) is 0 Å². The highest BCUT2D eigenvalue weighted by atomic mass is 35.5. The van der Waals surface area contributed by atoms with Crippen molar-refractivity contribution in [2.45, 2.75) is 44.2 Å². The van der Waals surface area contributed by atoms with E-state index in [0.717, 1.165) is 31.9 Å². The summed E-state index contributed by atoms with van der Waals surface area (Å²) in [5.74, 6) is 0.0796. The summed E-state index contributed by atoms with van der Waals surface area (Å²) in [6.07, 6.45) is 5.57. The molecular weight excluding hydrogens is 352 g/mol. The molecule has 1 amide bonds. The number of sulfonamides is 1. The third-order valence-electron chi connectivity index (χ3n) is 4.43. The maximum absolute atomic E-state index is 12.5. The van der Waals surface area contributed by atoms with Crippen LogP contribution in [0.3, 0.4) is 0 Å². The van der Waals surface area contributed by atoms with Crippen molar-refractivity contribution in [1.82, 2.24) is 5.32 Å². The number of rotatable bonds is 3. The van der Waals surface area contributed by atoms with Gasteiger partial charge in [-0.1, -0.05) is 30.9 Å². The summed E-state index contributed by atoms with van der Waals surface area (Å²) in [7, 11) is -3.54. The summed E-state index contributed by atoms with van der Waals surface area (Å²) in [5, 5.41) is 3.40. The number of nitrogens with zero attached hydrogens (tertiary/aromatic N) is 1. The number of fused-ring (bicyclic) bond motifs is 1. The Kier molecular flexibility index (Phi) is 4.92. The van der Waals surface area contributed by atoms with E-state index >= 15 is 0 Å². The van der Waals surface area contributed by atoms with E-state index in [-0.39, 0.29) is 18.5 Å². The van der Waals surface area contributed by atoms with Gasteiger partial charge in [0.25, 0.3) is 5.91 Å². The lowest BCUT2D eigenvalue weighted by Gasteiger charge is -2.35. The lowest BCUT2D eigenvalue weighted by atomic mass is 9.95.